The minimum absolute atomic E-state index is 0.331. The van der Waals surface area contributed by atoms with Gasteiger partial charge in [0.2, 0.25) is 5.91 Å². The lowest BCUT2D eigenvalue weighted by molar-refractivity contribution is -0.131. The maximum Gasteiger partial charge on any atom is 0.223 e. The molecule has 2 aliphatic rings. The van der Waals surface area contributed by atoms with E-state index in [1.54, 1.807) is 0 Å². The van der Waals surface area contributed by atoms with E-state index >= 15 is 0 Å². The molecule has 136 valence electrons. The number of nitrogens with zero attached hydrogens (tertiary/aromatic N) is 2. The van der Waals surface area contributed by atoms with Crippen LogP contribution < -0.4 is 4.90 Å². The van der Waals surface area contributed by atoms with Crippen LogP contribution in [-0.4, -0.2) is 37.0 Å². The predicted octanol–water partition coefficient (Wildman–Crippen LogP) is 4.15. The first-order valence-corrected chi connectivity index (χ1v) is 9.88. The molecule has 0 aromatic heterocycles. The van der Waals surface area contributed by atoms with Crippen LogP contribution in [0.5, 0.6) is 0 Å². The summed E-state index contributed by atoms with van der Waals surface area (Å²) in [6.45, 7) is 5.79. The standard InChI is InChI=1S/C23H28N2O/c1-18-7-11-21(12-8-18)24-13-4-14-25(16-15-24)23(26)17-20-10-9-19-5-2-3-6-22(19)20/h2-3,5-8,11-12,20H,4,9-10,13-17H2,1H3. The smallest absolute Gasteiger partial charge is 0.223 e. The summed E-state index contributed by atoms with van der Waals surface area (Å²) in [6.07, 6.45) is 3.95. The number of amides is 1. The molecule has 1 unspecified atom stereocenters. The zero-order valence-electron chi connectivity index (χ0n) is 15.7. The van der Waals surface area contributed by atoms with E-state index in [9.17, 15) is 4.79 Å². The molecular weight excluding hydrogens is 320 g/mol. The highest BCUT2D eigenvalue weighted by Gasteiger charge is 2.27. The second-order valence-electron chi connectivity index (χ2n) is 7.70. The lowest BCUT2D eigenvalue weighted by Crippen LogP contribution is -2.35. The van der Waals surface area contributed by atoms with Gasteiger partial charge < -0.3 is 9.80 Å². The van der Waals surface area contributed by atoms with E-state index in [0.29, 0.717) is 18.2 Å². The summed E-state index contributed by atoms with van der Waals surface area (Å²) in [5.41, 5.74) is 5.40. The Hall–Kier alpha value is -2.29. The quantitative estimate of drug-likeness (QED) is 0.832. The summed E-state index contributed by atoms with van der Waals surface area (Å²) >= 11 is 0. The number of hydrogen-bond acceptors (Lipinski definition) is 2. The molecule has 0 bridgehead atoms. The molecule has 1 atom stereocenters. The minimum Gasteiger partial charge on any atom is -0.370 e. The molecule has 1 heterocycles. The fourth-order valence-corrected chi connectivity index (χ4v) is 4.38. The van der Waals surface area contributed by atoms with Crippen LogP contribution in [0, 0.1) is 6.92 Å². The van der Waals surface area contributed by atoms with Crippen molar-refractivity contribution < 1.29 is 4.79 Å². The Morgan fingerprint density at radius 1 is 1.00 bits per heavy atom. The number of carbonyl (C=O) groups is 1. The first-order chi connectivity index (χ1) is 12.7. The predicted molar refractivity (Wildman–Crippen MR) is 107 cm³/mol. The third kappa shape index (κ3) is 3.62. The van der Waals surface area contributed by atoms with Crippen LogP contribution in [0.1, 0.15) is 41.9 Å². The molecule has 26 heavy (non-hydrogen) atoms. The lowest BCUT2D eigenvalue weighted by Gasteiger charge is -2.24. The van der Waals surface area contributed by atoms with Crippen molar-refractivity contribution in [2.75, 3.05) is 31.1 Å². The van der Waals surface area contributed by atoms with E-state index in [1.807, 2.05) is 0 Å². The molecule has 1 fully saturated rings. The largest absolute Gasteiger partial charge is 0.370 e. The first-order valence-electron chi connectivity index (χ1n) is 9.88. The number of aryl methyl sites for hydroxylation is 2. The van der Waals surface area contributed by atoms with Gasteiger partial charge in [-0.2, -0.15) is 0 Å². The summed E-state index contributed by atoms with van der Waals surface area (Å²) in [4.78, 5) is 17.4. The summed E-state index contributed by atoms with van der Waals surface area (Å²) in [6, 6.07) is 17.4. The van der Waals surface area contributed by atoms with Gasteiger partial charge in [0.25, 0.3) is 0 Å². The molecule has 0 N–H and O–H groups in total. The van der Waals surface area contributed by atoms with Crippen molar-refractivity contribution in [2.24, 2.45) is 0 Å². The van der Waals surface area contributed by atoms with Crippen molar-refractivity contribution in [1.29, 1.82) is 0 Å². The second kappa shape index (κ2) is 7.53. The van der Waals surface area contributed by atoms with E-state index in [1.165, 1.54) is 22.4 Å². The zero-order chi connectivity index (χ0) is 17.9. The summed E-state index contributed by atoms with van der Waals surface area (Å²) < 4.78 is 0. The van der Waals surface area contributed by atoms with Crippen molar-refractivity contribution in [1.82, 2.24) is 4.90 Å². The number of rotatable bonds is 3. The van der Waals surface area contributed by atoms with Gasteiger partial charge in [-0.25, -0.2) is 0 Å². The van der Waals surface area contributed by atoms with Gasteiger partial charge in [0.15, 0.2) is 0 Å². The molecule has 4 rings (SSSR count). The number of anilines is 1. The number of fused-ring (bicyclic) bond motifs is 1. The zero-order valence-corrected chi connectivity index (χ0v) is 15.7. The number of hydrogen-bond donors (Lipinski definition) is 0. The Balaban J connectivity index is 1.37. The maximum absolute atomic E-state index is 12.9. The van der Waals surface area contributed by atoms with Gasteiger partial charge >= 0.3 is 0 Å². The minimum atomic E-state index is 0.331. The van der Waals surface area contributed by atoms with Crippen molar-refractivity contribution in [3.8, 4) is 0 Å². The average Bonchev–Trinajstić information content (AvgIpc) is 2.89. The van der Waals surface area contributed by atoms with Gasteiger partial charge in [0.05, 0.1) is 0 Å². The third-order valence-corrected chi connectivity index (χ3v) is 5.93. The molecule has 1 aliphatic carbocycles. The second-order valence-corrected chi connectivity index (χ2v) is 7.70. The Bertz CT molecular complexity index is 768. The van der Waals surface area contributed by atoms with E-state index in [2.05, 4.69) is 65.3 Å². The average molecular weight is 348 g/mol. The summed E-state index contributed by atoms with van der Waals surface area (Å²) in [7, 11) is 0. The van der Waals surface area contributed by atoms with E-state index in [-0.39, 0.29) is 0 Å². The Kier molecular flexibility index (Phi) is 4.96. The van der Waals surface area contributed by atoms with Crippen LogP contribution in [0.2, 0.25) is 0 Å². The van der Waals surface area contributed by atoms with Crippen LogP contribution in [0.25, 0.3) is 0 Å². The SMILES string of the molecule is Cc1ccc(N2CCCN(C(=O)CC3CCc4ccccc43)CC2)cc1. The van der Waals surface area contributed by atoms with Crippen LogP contribution >= 0.6 is 0 Å². The molecule has 0 saturated carbocycles. The van der Waals surface area contributed by atoms with Crippen molar-refractivity contribution in [3.05, 3.63) is 65.2 Å². The van der Waals surface area contributed by atoms with E-state index < -0.39 is 0 Å². The van der Waals surface area contributed by atoms with Gasteiger partial charge in [-0.05, 0) is 55.4 Å². The Morgan fingerprint density at radius 3 is 2.65 bits per heavy atom. The molecule has 2 aromatic carbocycles. The van der Waals surface area contributed by atoms with Gasteiger partial charge in [-0.3, -0.25) is 4.79 Å². The van der Waals surface area contributed by atoms with Crippen LogP contribution in [0.3, 0.4) is 0 Å². The van der Waals surface area contributed by atoms with Crippen molar-refractivity contribution in [3.63, 3.8) is 0 Å². The fourth-order valence-electron chi connectivity index (χ4n) is 4.38. The number of carbonyl (C=O) groups excluding carboxylic acids is 1. The van der Waals surface area contributed by atoms with E-state index in [0.717, 1.165) is 45.4 Å². The summed E-state index contributed by atoms with van der Waals surface area (Å²) in [5.74, 6) is 0.743. The normalized spacial score (nSPS) is 20.0. The maximum atomic E-state index is 12.9. The summed E-state index contributed by atoms with van der Waals surface area (Å²) in [5, 5.41) is 0. The molecule has 2 aromatic rings. The highest BCUT2D eigenvalue weighted by atomic mass is 16.2. The van der Waals surface area contributed by atoms with Gasteiger partial charge in [0, 0.05) is 38.3 Å². The third-order valence-electron chi connectivity index (χ3n) is 5.93. The van der Waals surface area contributed by atoms with Crippen molar-refractivity contribution in [2.45, 2.75) is 38.5 Å². The molecule has 0 spiro atoms. The highest BCUT2D eigenvalue weighted by molar-refractivity contribution is 5.77. The fraction of sp³-hybridized carbons (Fsp3) is 0.435. The highest BCUT2D eigenvalue weighted by Crippen LogP contribution is 2.35. The molecule has 1 amide bonds. The lowest BCUT2D eigenvalue weighted by atomic mass is 9.97. The Morgan fingerprint density at radius 2 is 1.81 bits per heavy atom. The molecule has 1 aliphatic heterocycles. The van der Waals surface area contributed by atoms with Gasteiger partial charge in [-0.1, -0.05) is 42.0 Å². The molecule has 3 nitrogen and oxygen atoms in total. The monoisotopic (exact) mass is 348 g/mol. The van der Waals surface area contributed by atoms with Crippen LogP contribution in [-0.2, 0) is 11.2 Å². The van der Waals surface area contributed by atoms with Gasteiger partial charge in [-0.15, -0.1) is 0 Å². The van der Waals surface area contributed by atoms with Crippen LogP contribution in [0.15, 0.2) is 48.5 Å². The molecule has 1 saturated heterocycles. The molecular formula is C23H28N2O. The van der Waals surface area contributed by atoms with E-state index in [4.69, 9.17) is 0 Å². The van der Waals surface area contributed by atoms with Gasteiger partial charge in [0.1, 0.15) is 0 Å². The van der Waals surface area contributed by atoms with Crippen LogP contribution in [0.4, 0.5) is 5.69 Å². The molecule has 0 radical (unpaired) electrons. The Labute approximate surface area is 156 Å². The van der Waals surface area contributed by atoms with Crippen molar-refractivity contribution >= 4 is 11.6 Å². The topological polar surface area (TPSA) is 23.6 Å². The first kappa shape index (κ1) is 17.1. The number of benzene rings is 2. The molecule has 3 heteroatoms.